The number of halogens is 5. The first-order valence-electron chi connectivity index (χ1n) is 6.88. The lowest BCUT2D eigenvalue weighted by molar-refractivity contribution is 0.0934. The second-order valence-corrected chi connectivity index (χ2v) is 7.86. The number of aromatic nitrogens is 2. The molecular formula is C14H14F5N3O2S. The van der Waals surface area contributed by atoms with Crippen LogP contribution in [0.3, 0.4) is 0 Å². The fraction of sp³-hybridized carbons (Fsp3) is 0.214. The van der Waals surface area contributed by atoms with Crippen LogP contribution >= 0.6 is 10.2 Å². The number of amides is 1. The van der Waals surface area contributed by atoms with Gasteiger partial charge in [0.2, 0.25) is 0 Å². The van der Waals surface area contributed by atoms with Gasteiger partial charge in [0.1, 0.15) is 16.4 Å². The molecule has 2 rings (SSSR count). The Balaban J connectivity index is 2.20. The fourth-order valence-corrected chi connectivity index (χ4v) is 2.71. The van der Waals surface area contributed by atoms with Crippen molar-refractivity contribution in [2.45, 2.75) is 24.8 Å². The summed E-state index contributed by atoms with van der Waals surface area (Å²) in [6.07, 6.45) is 0. The SMILES string of the molecule is Cc1nc(C(=O)N[C@H](C)c2ccc(S(F)(F)(F)(F)F)cc2)cc(=O)[nH]1. The van der Waals surface area contributed by atoms with Gasteiger partial charge in [0.05, 0.1) is 6.04 Å². The summed E-state index contributed by atoms with van der Waals surface area (Å²) < 4.78 is 63.4. The Morgan fingerprint density at radius 3 is 2.20 bits per heavy atom. The Hall–Kier alpha value is -2.43. The fourth-order valence-electron chi connectivity index (χ4n) is 2.06. The molecule has 2 N–H and O–H groups in total. The maximum absolute atomic E-state index is 12.7. The molecule has 0 aliphatic rings. The molecule has 138 valence electrons. The van der Waals surface area contributed by atoms with Crippen molar-refractivity contribution in [2.75, 3.05) is 0 Å². The molecule has 0 saturated carbocycles. The third kappa shape index (κ3) is 4.78. The van der Waals surface area contributed by atoms with Crippen LogP contribution in [0.25, 0.3) is 0 Å². The zero-order valence-electron chi connectivity index (χ0n) is 13.0. The molecule has 0 saturated heterocycles. The van der Waals surface area contributed by atoms with Crippen LogP contribution in [-0.2, 0) is 0 Å². The van der Waals surface area contributed by atoms with Crippen LogP contribution in [0.1, 0.15) is 34.8 Å². The molecule has 1 amide bonds. The van der Waals surface area contributed by atoms with Crippen LogP contribution in [0.4, 0.5) is 19.4 Å². The van der Waals surface area contributed by atoms with Crippen LogP contribution in [-0.4, -0.2) is 15.9 Å². The third-order valence-corrected chi connectivity index (χ3v) is 4.43. The molecule has 1 atom stereocenters. The molecule has 0 radical (unpaired) electrons. The van der Waals surface area contributed by atoms with Crippen LogP contribution < -0.4 is 10.9 Å². The van der Waals surface area contributed by atoms with Gasteiger partial charge in [0, 0.05) is 6.07 Å². The standard InChI is InChI=1S/C14H14F5N3O2S/c1-8(20-14(24)12-7-13(23)22-9(2)21-12)10-3-5-11(6-4-10)25(15,16,17,18)19/h3-8H,1-2H3,(H,20,24)(H,21,22,23)/t8-/m1/s1. The van der Waals surface area contributed by atoms with E-state index in [4.69, 9.17) is 0 Å². The Morgan fingerprint density at radius 2 is 1.72 bits per heavy atom. The smallest absolute Gasteiger partial charge is 0.310 e. The van der Waals surface area contributed by atoms with Crippen molar-refractivity contribution >= 4 is 16.1 Å². The van der Waals surface area contributed by atoms with Crippen molar-refractivity contribution in [3.05, 3.63) is 57.8 Å². The van der Waals surface area contributed by atoms with Crippen LogP contribution in [0, 0.1) is 6.92 Å². The van der Waals surface area contributed by atoms with Gasteiger partial charge in [-0.1, -0.05) is 31.6 Å². The minimum atomic E-state index is -9.73. The summed E-state index contributed by atoms with van der Waals surface area (Å²) in [6, 6.07) is 2.43. The highest BCUT2D eigenvalue weighted by Gasteiger charge is 2.65. The van der Waals surface area contributed by atoms with Crippen molar-refractivity contribution < 1.29 is 24.2 Å². The predicted octanol–water partition coefficient (Wildman–Crippen LogP) is 4.23. The molecule has 2 aromatic rings. The van der Waals surface area contributed by atoms with Gasteiger partial charge in [0.25, 0.3) is 11.5 Å². The maximum Gasteiger partial charge on any atom is 0.310 e. The molecule has 1 heterocycles. The average Bonchev–Trinajstić information content (AvgIpc) is 2.44. The highest BCUT2D eigenvalue weighted by Crippen LogP contribution is 3.02. The summed E-state index contributed by atoms with van der Waals surface area (Å²) >= 11 is 0. The Kier molecular flexibility index (Phi) is 3.99. The van der Waals surface area contributed by atoms with E-state index < -0.39 is 32.6 Å². The van der Waals surface area contributed by atoms with E-state index in [-0.39, 0.29) is 29.2 Å². The molecule has 0 fully saturated rings. The number of carbonyl (C=O) groups is 1. The second-order valence-electron chi connectivity index (χ2n) is 5.45. The summed E-state index contributed by atoms with van der Waals surface area (Å²) in [4.78, 5) is 27.5. The number of rotatable bonds is 4. The summed E-state index contributed by atoms with van der Waals surface area (Å²) in [5.41, 5.74) is -0.525. The number of hydrogen-bond acceptors (Lipinski definition) is 3. The minimum absolute atomic E-state index is 0.170. The van der Waals surface area contributed by atoms with E-state index in [9.17, 15) is 29.0 Å². The zero-order chi connectivity index (χ0) is 19.1. The quantitative estimate of drug-likeness (QED) is 0.776. The van der Waals surface area contributed by atoms with Crippen molar-refractivity contribution in [1.29, 1.82) is 0 Å². The van der Waals surface area contributed by atoms with Gasteiger partial charge < -0.3 is 10.3 Å². The third-order valence-electron chi connectivity index (χ3n) is 3.27. The van der Waals surface area contributed by atoms with Gasteiger partial charge >= 0.3 is 10.2 Å². The van der Waals surface area contributed by atoms with Crippen molar-refractivity contribution in [1.82, 2.24) is 15.3 Å². The van der Waals surface area contributed by atoms with Gasteiger partial charge in [-0.2, -0.15) is 0 Å². The maximum atomic E-state index is 12.7. The van der Waals surface area contributed by atoms with E-state index in [0.717, 1.165) is 18.2 Å². The number of nitrogens with zero attached hydrogens (tertiary/aromatic N) is 1. The van der Waals surface area contributed by atoms with Gasteiger partial charge in [-0.3, -0.25) is 9.59 Å². The van der Waals surface area contributed by atoms with E-state index in [1.54, 1.807) is 0 Å². The first kappa shape index (κ1) is 18.9. The molecular weight excluding hydrogens is 369 g/mol. The van der Waals surface area contributed by atoms with E-state index in [2.05, 4.69) is 15.3 Å². The van der Waals surface area contributed by atoms with Gasteiger partial charge in [0.15, 0.2) is 0 Å². The first-order valence-corrected chi connectivity index (χ1v) is 8.84. The summed E-state index contributed by atoms with van der Waals surface area (Å²) in [5, 5.41) is 2.43. The Bertz CT molecular complexity index is 879. The largest absolute Gasteiger partial charge is 0.344 e. The van der Waals surface area contributed by atoms with Crippen LogP contribution in [0.5, 0.6) is 0 Å². The van der Waals surface area contributed by atoms with Gasteiger partial charge in [-0.25, -0.2) is 4.98 Å². The molecule has 0 aliphatic carbocycles. The second kappa shape index (κ2) is 5.28. The highest BCUT2D eigenvalue weighted by atomic mass is 32.5. The summed E-state index contributed by atoms with van der Waals surface area (Å²) in [6.45, 7) is 2.92. The number of aromatic amines is 1. The van der Waals surface area contributed by atoms with E-state index in [1.807, 2.05) is 0 Å². The number of H-pyrrole nitrogens is 1. The van der Waals surface area contributed by atoms with Crippen LogP contribution in [0.2, 0.25) is 0 Å². The number of nitrogens with one attached hydrogen (secondary N) is 2. The van der Waals surface area contributed by atoms with E-state index in [0.29, 0.717) is 0 Å². The van der Waals surface area contributed by atoms with E-state index >= 15 is 0 Å². The molecule has 1 aromatic heterocycles. The van der Waals surface area contributed by atoms with Crippen molar-refractivity contribution in [2.24, 2.45) is 0 Å². The molecule has 0 aliphatic heterocycles. The van der Waals surface area contributed by atoms with Crippen molar-refractivity contribution in [3.63, 3.8) is 0 Å². The number of aryl methyl sites for hydroxylation is 1. The van der Waals surface area contributed by atoms with E-state index in [1.165, 1.54) is 13.8 Å². The first-order chi connectivity index (χ1) is 11.2. The molecule has 11 heteroatoms. The molecule has 0 unspecified atom stereocenters. The lowest BCUT2D eigenvalue weighted by Gasteiger charge is -2.40. The Labute approximate surface area is 139 Å². The predicted molar refractivity (Wildman–Crippen MR) is 83.3 cm³/mol. The van der Waals surface area contributed by atoms with Gasteiger partial charge in [-0.05, 0) is 31.5 Å². The lowest BCUT2D eigenvalue weighted by Crippen LogP contribution is -2.29. The summed E-state index contributed by atoms with van der Waals surface area (Å²) in [7, 11) is -9.73. The molecule has 1 aromatic carbocycles. The topological polar surface area (TPSA) is 74.8 Å². The van der Waals surface area contributed by atoms with Gasteiger partial charge in [-0.15, -0.1) is 0 Å². The highest BCUT2D eigenvalue weighted by molar-refractivity contribution is 8.45. The number of hydrogen-bond donors (Lipinski definition) is 2. The normalized spacial score (nSPS) is 15.8. The molecule has 0 bridgehead atoms. The minimum Gasteiger partial charge on any atom is -0.344 e. The van der Waals surface area contributed by atoms with Crippen molar-refractivity contribution in [3.8, 4) is 0 Å². The summed E-state index contributed by atoms with van der Waals surface area (Å²) in [5.74, 6) is -0.510. The lowest BCUT2D eigenvalue weighted by atomic mass is 10.1. The Morgan fingerprint density at radius 1 is 1.16 bits per heavy atom. The van der Waals surface area contributed by atoms with Crippen LogP contribution in [0.15, 0.2) is 40.0 Å². The number of carbonyl (C=O) groups excluding carboxylic acids is 1. The molecule has 5 nitrogen and oxygen atoms in total. The number of benzene rings is 1. The monoisotopic (exact) mass is 383 g/mol. The molecule has 25 heavy (non-hydrogen) atoms. The zero-order valence-corrected chi connectivity index (χ0v) is 13.8. The average molecular weight is 383 g/mol. The molecule has 0 spiro atoms.